The van der Waals surface area contributed by atoms with Gasteiger partial charge in [0.15, 0.2) is 5.65 Å². The lowest BCUT2D eigenvalue weighted by atomic mass is 10.3. The third-order valence-corrected chi connectivity index (χ3v) is 2.87. The van der Waals surface area contributed by atoms with E-state index in [2.05, 4.69) is 15.4 Å². The van der Waals surface area contributed by atoms with Gasteiger partial charge in [0, 0.05) is 25.0 Å². The van der Waals surface area contributed by atoms with Crippen LogP contribution in [0.3, 0.4) is 0 Å². The van der Waals surface area contributed by atoms with Crippen molar-refractivity contribution < 1.29 is 4.79 Å². The molecule has 1 aliphatic heterocycles. The zero-order valence-electron chi connectivity index (χ0n) is 9.55. The summed E-state index contributed by atoms with van der Waals surface area (Å²) in [6, 6.07) is 1.89. The predicted octanol–water partition coefficient (Wildman–Crippen LogP) is -0.0261. The molecule has 17 heavy (non-hydrogen) atoms. The lowest BCUT2D eigenvalue weighted by Crippen LogP contribution is -2.48. The Balaban J connectivity index is 2.10. The molecule has 2 aromatic rings. The number of piperazine rings is 1. The molecule has 1 aliphatic rings. The lowest BCUT2D eigenvalue weighted by Gasteiger charge is -2.25. The highest BCUT2D eigenvalue weighted by Crippen LogP contribution is 2.20. The fraction of sp³-hybridized carbons (Fsp3) is 0.364. The van der Waals surface area contributed by atoms with Gasteiger partial charge < -0.3 is 10.2 Å². The van der Waals surface area contributed by atoms with E-state index in [4.69, 9.17) is 0 Å². The average molecular weight is 231 g/mol. The molecule has 0 bridgehead atoms. The summed E-state index contributed by atoms with van der Waals surface area (Å²) in [5.74, 6) is 0.0643. The number of carbonyl (C=O) groups is 1. The number of nitrogens with zero attached hydrogens (tertiary/aromatic N) is 4. The fourth-order valence-electron chi connectivity index (χ4n) is 2.00. The minimum Gasteiger partial charge on any atom is -0.307 e. The first kappa shape index (κ1) is 10.2. The SMILES string of the molecule is Cc1ccn2ncc(N3CCNCC3=O)c2n1. The smallest absolute Gasteiger partial charge is 0.241 e. The van der Waals surface area contributed by atoms with Crippen molar-refractivity contribution in [3.63, 3.8) is 0 Å². The normalized spacial score (nSPS) is 16.8. The predicted molar refractivity (Wildman–Crippen MR) is 62.9 cm³/mol. The van der Waals surface area contributed by atoms with E-state index in [0.29, 0.717) is 13.1 Å². The zero-order valence-corrected chi connectivity index (χ0v) is 9.55. The van der Waals surface area contributed by atoms with E-state index >= 15 is 0 Å². The Morgan fingerprint density at radius 1 is 1.47 bits per heavy atom. The first-order chi connectivity index (χ1) is 8.25. The van der Waals surface area contributed by atoms with Crippen LogP contribution >= 0.6 is 0 Å². The number of anilines is 1. The molecule has 0 radical (unpaired) electrons. The van der Waals surface area contributed by atoms with Crippen LogP contribution in [0, 0.1) is 6.92 Å². The Labute approximate surface area is 98.2 Å². The van der Waals surface area contributed by atoms with Crippen molar-refractivity contribution in [2.45, 2.75) is 6.92 Å². The van der Waals surface area contributed by atoms with Gasteiger partial charge in [0.1, 0.15) is 5.69 Å². The first-order valence-corrected chi connectivity index (χ1v) is 5.58. The second-order valence-corrected chi connectivity index (χ2v) is 4.09. The summed E-state index contributed by atoms with van der Waals surface area (Å²) in [6.07, 6.45) is 3.55. The number of rotatable bonds is 1. The molecule has 6 heteroatoms. The highest BCUT2D eigenvalue weighted by Gasteiger charge is 2.22. The lowest BCUT2D eigenvalue weighted by molar-refractivity contribution is -0.118. The van der Waals surface area contributed by atoms with E-state index in [1.165, 1.54) is 0 Å². The molecule has 0 aliphatic carbocycles. The van der Waals surface area contributed by atoms with Gasteiger partial charge in [-0.3, -0.25) is 4.79 Å². The molecule has 0 aromatic carbocycles. The van der Waals surface area contributed by atoms with Crippen molar-refractivity contribution >= 4 is 17.2 Å². The molecule has 3 rings (SSSR count). The highest BCUT2D eigenvalue weighted by molar-refractivity contribution is 5.98. The monoisotopic (exact) mass is 231 g/mol. The zero-order chi connectivity index (χ0) is 11.8. The van der Waals surface area contributed by atoms with Crippen molar-refractivity contribution in [2.24, 2.45) is 0 Å². The van der Waals surface area contributed by atoms with E-state index in [1.54, 1.807) is 15.6 Å². The molecule has 0 atom stereocenters. The number of nitrogens with one attached hydrogen (secondary N) is 1. The van der Waals surface area contributed by atoms with E-state index in [-0.39, 0.29) is 5.91 Å². The maximum Gasteiger partial charge on any atom is 0.241 e. The molecule has 2 aromatic heterocycles. The summed E-state index contributed by atoms with van der Waals surface area (Å²) in [5, 5.41) is 7.26. The molecule has 0 unspecified atom stereocenters. The molecule has 3 heterocycles. The molecular weight excluding hydrogens is 218 g/mol. The molecular formula is C11H13N5O. The summed E-state index contributed by atoms with van der Waals surface area (Å²) >= 11 is 0. The van der Waals surface area contributed by atoms with Crippen LogP contribution in [-0.4, -0.2) is 40.1 Å². The van der Waals surface area contributed by atoms with Gasteiger partial charge in [-0.25, -0.2) is 9.50 Å². The van der Waals surface area contributed by atoms with Crippen LogP contribution in [0.4, 0.5) is 5.69 Å². The second-order valence-electron chi connectivity index (χ2n) is 4.09. The molecule has 1 amide bonds. The molecule has 0 saturated carbocycles. The third-order valence-electron chi connectivity index (χ3n) is 2.87. The summed E-state index contributed by atoms with van der Waals surface area (Å²) < 4.78 is 1.69. The summed E-state index contributed by atoms with van der Waals surface area (Å²) in [7, 11) is 0. The second kappa shape index (κ2) is 3.81. The third kappa shape index (κ3) is 1.66. The minimum absolute atomic E-state index is 0.0643. The first-order valence-electron chi connectivity index (χ1n) is 5.58. The van der Waals surface area contributed by atoms with E-state index < -0.39 is 0 Å². The van der Waals surface area contributed by atoms with Crippen LogP contribution in [0.1, 0.15) is 5.69 Å². The quantitative estimate of drug-likeness (QED) is 0.749. The van der Waals surface area contributed by atoms with Gasteiger partial charge in [0.2, 0.25) is 5.91 Å². The molecule has 6 nitrogen and oxygen atoms in total. The standard InChI is InChI=1S/C11H13N5O/c1-8-2-4-16-11(14-8)9(6-13-16)15-5-3-12-7-10(15)17/h2,4,6,12H,3,5,7H2,1H3. The van der Waals surface area contributed by atoms with Gasteiger partial charge in [0.05, 0.1) is 12.7 Å². The Kier molecular flexibility index (Phi) is 2.29. The van der Waals surface area contributed by atoms with Crippen LogP contribution in [0.15, 0.2) is 18.5 Å². The Morgan fingerprint density at radius 3 is 3.18 bits per heavy atom. The van der Waals surface area contributed by atoms with Gasteiger partial charge in [0.25, 0.3) is 0 Å². The van der Waals surface area contributed by atoms with Crippen LogP contribution < -0.4 is 10.2 Å². The molecule has 88 valence electrons. The number of hydrogen-bond acceptors (Lipinski definition) is 4. The van der Waals surface area contributed by atoms with Crippen LogP contribution in [0.5, 0.6) is 0 Å². The highest BCUT2D eigenvalue weighted by atomic mass is 16.2. The number of aryl methyl sites for hydroxylation is 1. The summed E-state index contributed by atoms with van der Waals surface area (Å²) in [5.41, 5.74) is 2.45. The maximum atomic E-state index is 11.8. The van der Waals surface area contributed by atoms with Gasteiger partial charge in [-0.15, -0.1) is 0 Å². The van der Waals surface area contributed by atoms with Crippen molar-refractivity contribution in [3.8, 4) is 0 Å². The Morgan fingerprint density at radius 2 is 2.35 bits per heavy atom. The number of carbonyl (C=O) groups excluding carboxylic acids is 1. The van der Waals surface area contributed by atoms with Crippen LogP contribution in [0.25, 0.3) is 5.65 Å². The van der Waals surface area contributed by atoms with E-state index in [0.717, 1.165) is 23.6 Å². The van der Waals surface area contributed by atoms with Crippen LogP contribution in [-0.2, 0) is 4.79 Å². The van der Waals surface area contributed by atoms with Crippen molar-refractivity contribution in [1.82, 2.24) is 19.9 Å². The molecule has 0 spiro atoms. The number of amides is 1. The number of hydrogen-bond donors (Lipinski definition) is 1. The largest absolute Gasteiger partial charge is 0.307 e. The summed E-state index contributed by atoms with van der Waals surface area (Å²) in [4.78, 5) is 18.0. The fourth-order valence-corrected chi connectivity index (χ4v) is 2.00. The van der Waals surface area contributed by atoms with Gasteiger partial charge in [-0.2, -0.15) is 5.10 Å². The van der Waals surface area contributed by atoms with Crippen molar-refractivity contribution in [1.29, 1.82) is 0 Å². The van der Waals surface area contributed by atoms with Crippen LogP contribution in [0.2, 0.25) is 0 Å². The van der Waals surface area contributed by atoms with E-state index in [9.17, 15) is 4.79 Å². The topological polar surface area (TPSA) is 62.5 Å². The van der Waals surface area contributed by atoms with E-state index in [1.807, 2.05) is 19.2 Å². The number of fused-ring (bicyclic) bond motifs is 1. The van der Waals surface area contributed by atoms with Gasteiger partial charge >= 0.3 is 0 Å². The molecule has 1 fully saturated rings. The maximum absolute atomic E-state index is 11.8. The summed E-state index contributed by atoms with van der Waals surface area (Å²) in [6.45, 7) is 3.77. The Bertz CT molecular complexity index is 576. The molecule has 1 N–H and O–H groups in total. The Hall–Kier alpha value is -1.95. The van der Waals surface area contributed by atoms with Crippen molar-refractivity contribution in [3.05, 3.63) is 24.2 Å². The number of aromatic nitrogens is 3. The molecule has 1 saturated heterocycles. The van der Waals surface area contributed by atoms with Crippen molar-refractivity contribution in [2.75, 3.05) is 24.5 Å². The minimum atomic E-state index is 0.0643. The average Bonchev–Trinajstić information content (AvgIpc) is 2.72. The van der Waals surface area contributed by atoms with Gasteiger partial charge in [-0.1, -0.05) is 0 Å². The van der Waals surface area contributed by atoms with Gasteiger partial charge in [-0.05, 0) is 13.0 Å².